The molecule has 0 aromatic heterocycles. The zero-order chi connectivity index (χ0) is 18.2. The van der Waals surface area contributed by atoms with Crippen molar-refractivity contribution in [1.82, 2.24) is 5.32 Å². The number of hydrogen-bond acceptors (Lipinski definition) is 5. The van der Waals surface area contributed by atoms with Crippen molar-refractivity contribution in [1.29, 1.82) is 0 Å². The van der Waals surface area contributed by atoms with Crippen molar-refractivity contribution < 1.29 is 24.2 Å². The largest absolute Gasteiger partial charge is 0.477 e. The lowest BCUT2D eigenvalue weighted by molar-refractivity contribution is -0.137. The van der Waals surface area contributed by atoms with Crippen LogP contribution in [0.15, 0.2) is 11.8 Å². The first-order chi connectivity index (χ1) is 11.3. The van der Waals surface area contributed by atoms with Gasteiger partial charge in [-0.3, -0.25) is 9.59 Å². The number of amides is 1. The molecule has 136 valence electrons. The average Bonchev–Trinajstić information content (AvgIpc) is 3.16. The summed E-state index contributed by atoms with van der Waals surface area (Å²) in [5, 5.41) is 11.7. The molecular weight excluding hydrogens is 330 g/mol. The second-order valence-corrected chi connectivity index (χ2v) is 7.74. The van der Waals surface area contributed by atoms with E-state index in [1.807, 2.05) is 13.8 Å². The van der Waals surface area contributed by atoms with Crippen LogP contribution in [-0.4, -0.2) is 41.6 Å². The highest BCUT2D eigenvalue weighted by atomic mass is 32.2. The SMILES string of the molecule is COC(=O)CSCCCCC/C=C(/NC(=O)C1CC1(C)C)C(=O)O. The van der Waals surface area contributed by atoms with Crippen molar-refractivity contribution in [3.05, 3.63) is 11.8 Å². The third-order valence-electron chi connectivity index (χ3n) is 4.11. The number of hydrogen-bond donors (Lipinski definition) is 2. The fourth-order valence-electron chi connectivity index (χ4n) is 2.31. The highest BCUT2D eigenvalue weighted by Crippen LogP contribution is 2.51. The van der Waals surface area contributed by atoms with Crippen molar-refractivity contribution in [3.63, 3.8) is 0 Å². The first kappa shape index (κ1) is 20.5. The second kappa shape index (κ2) is 9.71. The van der Waals surface area contributed by atoms with Crippen LogP contribution >= 0.6 is 11.8 Å². The molecule has 0 saturated heterocycles. The Labute approximate surface area is 147 Å². The molecule has 0 aromatic rings. The van der Waals surface area contributed by atoms with Crippen molar-refractivity contribution in [2.45, 2.75) is 46.0 Å². The molecule has 1 atom stereocenters. The van der Waals surface area contributed by atoms with Gasteiger partial charge in [-0.25, -0.2) is 4.79 Å². The maximum absolute atomic E-state index is 12.0. The summed E-state index contributed by atoms with van der Waals surface area (Å²) in [5.41, 5.74) is -0.0435. The minimum absolute atomic E-state index is 0.0183. The van der Waals surface area contributed by atoms with Gasteiger partial charge in [-0.1, -0.05) is 26.3 Å². The summed E-state index contributed by atoms with van der Waals surface area (Å²) in [6.45, 7) is 4.00. The third kappa shape index (κ3) is 7.38. The average molecular weight is 357 g/mol. The Morgan fingerprint density at radius 3 is 2.50 bits per heavy atom. The van der Waals surface area contributed by atoms with Gasteiger partial charge in [0.05, 0.1) is 12.9 Å². The monoisotopic (exact) mass is 357 g/mol. The second-order valence-electron chi connectivity index (χ2n) is 6.64. The number of unbranched alkanes of at least 4 members (excludes halogenated alkanes) is 3. The lowest BCUT2D eigenvalue weighted by atomic mass is 10.1. The highest BCUT2D eigenvalue weighted by molar-refractivity contribution is 7.99. The van der Waals surface area contributed by atoms with E-state index in [4.69, 9.17) is 0 Å². The molecule has 1 unspecified atom stereocenters. The standard InChI is InChI=1S/C17H27NO5S/c1-17(2)10-12(17)15(20)18-13(16(21)22)8-6-4-5-7-9-24-11-14(19)23-3/h8,12H,4-7,9-11H2,1-3H3,(H,18,20)(H,21,22)/b13-8+. The van der Waals surface area contributed by atoms with Gasteiger partial charge >= 0.3 is 11.9 Å². The summed E-state index contributed by atoms with van der Waals surface area (Å²) in [7, 11) is 1.37. The third-order valence-corrected chi connectivity index (χ3v) is 5.12. The Morgan fingerprint density at radius 1 is 1.29 bits per heavy atom. The number of thioether (sulfide) groups is 1. The number of methoxy groups -OCH3 is 1. The Morgan fingerprint density at radius 2 is 1.96 bits per heavy atom. The molecule has 2 N–H and O–H groups in total. The molecule has 1 rings (SSSR count). The van der Waals surface area contributed by atoms with E-state index in [1.165, 1.54) is 18.9 Å². The molecule has 1 fully saturated rings. The summed E-state index contributed by atoms with van der Waals surface area (Å²) < 4.78 is 4.55. The number of nitrogens with one attached hydrogen (secondary N) is 1. The van der Waals surface area contributed by atoms with Gasteiger partial charge in [0.15, 0.2) is 0 Å². The van der Waals surface area contributed by atoms with Crippen LogP contribution in [0, 0.1) is 11.3 Å². The summed E-state index contributed by atoms with van der Waals surface area (Å²) in [4.78, 5) is 34.1. The molecule has 7 heteroatoms. The number of carbonyl (C=O) groups excluding carboxylic acids is 2. The zero-order valence-corrected chi connectivity index (χ0v) is 15.4. The quantitative estimate of drug-likeness (QED) is 0.335. The number of allylic oxidation sites excluding steroid dienone is 1. The smallest absolute Gasteiger partial charge is 0.352 e. The lowest BCUT2D eigenvalue weighted by Gasteiger charge is -2.07. The molecule has 0 spiro atoms. The van der Waals surface area contributed by atoms with Gasteiger partial charge in [0.1, 0.15) is 5.70 Å². The number of rotatable bonds is 11. The van der Waals surface area contributed by atoms with Crippen molar-refractivity contribution in [2.24, 2.45) is 11.3 Å². The first-order valence-corrected chi connectivity index (χ1v) is 9.32. The molecule has 0 radical (unpaired) electrons. The van der Waals surface area contributed by atoms with Crippen LogP contribution < -0.4 is 5.32 Å². The van der Waals surface area contributed by atoms with Gasteiger partial charge in [0, 0.05) is 5.92 Å². The van der Waals surface area contributed by atoms with Crippen molar-refractivity contribution >= 4 is 29.6 Å². The summed E-state index contributed by atoms with van der Waals surface area (Å²) >= 11 is 1.53. The van der Waals surface area contributed by atoms with Gasteiger partial charge in [-0.2, -0.15) is 11.8 Å². The molecule has 1 amide bonds. The van der Waals surface area contributed by atoms with Crippen LogP contribution in [0.3, 0.4) is 0 Å². The van der Waals surface area contributed by atoms with E-state index in [0.29, 0.717) is 12.2 Å². The molecule has 6 nitrogen and oxygen atoms in total. The van der Waals surface area contributed by atoms with Gasteiger partial charge in [-0.15, -0.1) is 0 Å². The number of carboxylic acids is 1. The Kier molecular flexibility index (Phi) is 8.31. The molecule has 0 aromatic carbocycles. The molecule has 1 aliphatic carbocycles. The maximum Gasteiger partial charge on any atom is 0.352 e. The predicted molar refractivity (Wildman–Crippen MR) is 93.6 cm³/mol. The van der Waals surface area contributed by atoms with E-state index in [2.05, 4.69) is 10.1 Å². The number of carboxylic acid groups (broad SMARTS) is 1. The fraction of sp³-hybridized carbons (Fsp3) is 0.706. The van der Waals surface area contributed by atoms with Gasteiger partial charge < -0.3 is 15.2 Å². The molecule has 1 saturated carbocycles. The van der Waals surface area contributed by atoms with Crippen LogP contribution in [0.25, 0.3) is 0 Å². The van der Waals surface area contributed by atoms with E-state index < -0.39 is 5.97 Å². The Balaban J connectivity index is 2.21. The summed E-state index contributed by atoms with van der Waals surface area (Å²) in [6, 6.07) is 0. The molecule has 0 bridgehead atoms. The van der Waals surface area contributed by atoms with Gasteiger partial charge in [-0.05, 0) is 36.9 Å². The van der Waals surface area contributed by atoms with E-state index in [-0.39, 0.29) is 28.9 Å². The maximum atomic E-state index is 12.0. The van der Waals surface area contributed by atoms with Crippen LogP contribution in [-0.2, 0) is 19.1 Å². The minimum atomic E-state index is -1.10. The lowest BCUT2D eigenvalue weighted by Crippen LogP contribution is -2.29. The number of ether oxygens (including phenoxy) is 1. The van der Waals surface area contributed by atoms with Gasteiger partial charge in [0.25, 0.3) is 0 Å². The van der Waals surface area contributed by atoms with E-state index in [9.17, 15) is 19.5 Å². The minimum Gasteiger partial charge on any atom is -0.477 e. The number of esters is 1. The van der Waals surface area contributed by atoms with E-state index >= 15 is 0 Å². The molecule has 1 aliphatic rings. The Bertz CT molecular complexity index is 501. The Hall–Kier alpha value is -1.50. The molecule has 0 aliphatic heterocycles. The molecule has 0 heterocycles. The highest BCUT2D eigenvalue weighted by Gasteiger charge is 2.50. The van der Waals surface area contributed by atoms with Crippen LogP contribution in [0.5, 0.6) is 0 Å². The topological polar surface area (TPSA) is 92.7 Å². The first-order valence-electron chi connectivity index (χ1n) is 8.17. The zero-order valence-electron chi connectivity index (χ0n) is 14.6. The van der Waals surface area contributed by atoms with Crippen LogP contribution in [0.4, 0.5) is 0 Å². The summed E-state index contributed by atoms with van der Waals surface area (Å²) in [5.74, 6) is -0.375. The van der Waals surface area contributed by atoms with Crippen LogP contribution in [0.1, 0.15) is 46.0 Å². The predicted octanol–water partition coefficient (Wildman–Crippen LogP) is 2.58. The molecule has 24 heavy (non-hydrogen) atoms. The summed E-state index contributed by atoms with van der Waals surface area (Å²) in [6.07, 6.45) is 5.74. The number of carbonyl (C=O) groups is 3. The van der Waals surface area contributed by atoms with E-state index in [0.717, 1.165) is 31.4 Å². The number of aliphatic carboxylic acids is 1. The fourth-order valence-corrected chi connectivity index (χ4v) is 3.15. The molecular formula is C17H27NO5S. The van der Waals surface area contributed by atoms with Crippen molar-refractivity contribution in [2.75, 3.05) is 18.6 Å². The van der Waals surface area contributed by atoms with Gasteiger partial charge in [0.2, 0.25) is 5.91 Å². The van der Waals surface area contributed by atoms with Crippen LogP contribution in [0.2, 0.25) is 0 Å². The van der Waals surface area contributed by atoms with Crippen molar-refractivity contribution in [3.8, 4) is 0 Å². The normalized spacial score (nSPS) is 18.8. The van der Waals surface area contributed by atoms with E-state index in [1.54, 1.807) is 6.08 Å².